The van der Waals surface area contributed by atoms with E-state index in [0.717, 1.165) is 12.1 Å². The van der Waals surface area contributed by atoms with Crippen molar-refractivity contribution in [2.75, 3.05) is 21.3 Å². The van der Waals surface area contributed by atoms with Crippen LogP contribution >= 0.6 is 19.4 Å². The number of phenols is 3. The van der Waals surface area contributed by atoms with Crippen molar-refractivity contribution < 1.29 is 97.8 Å². The van der Waals surface area contributed by atoms with E-state index in [1.165, 1.54) is 33.4 Å². The van der Waals surface area contributed by atoms with Gasteiger partial charge in [0.1, 0.15) is 35.2 Å². The van der Waals surface area contributed by atoms with Gasteiger partial charge in [0.15, 0.2) is 19.8 Å². The minimum atomic E-state index is -10.7. The number of methoxy groups -OCH3 is 2. The molecule has 5 radical (unpaired) electrons. The Morgan fingerprint density at radius 3 is 1.51 bits per heavy atom. The molecule has 7 N–H and O–H groups in total. The van der Waals surface area contributed by atoms with Crippen LogP contribution in [0.1, 0.15) is 82.0 Å². The second kappa shape index (κ2) is 24.2. The predicted molar refractivity (Wildman–Crippen MR) is 252 cm³/mol. The summed E-state index contributed by atoms with van der Waals surface area (Å²) < 4.78 is 82.1. The summed E-state index contributed by atoms with van der Waals surface area (Å²) in [5.41, 5.74) is -0.146. The van der Waals surface area contributed by atoms with Crippen LogP contribution in [0.15, 0.2) is 48.5 Å². The van der Waals surface area contributed by atoms with Gasteiger partial charge in [-0.3, -0.25) is 14.4 Å². The van der Waals surface area contributed by atoms with Crippen molar-refractivity contribution >= 4 is 51.5 Å². The van der Waals surface area contributed by atoms with Gasteiger partial charge in [-0.05, 0) is 131 Å². The second-order valence-electron chi connectivity index (χ2n) is 17.9. The number of halogens is 7. The molecule has 1 saturated carbocycles. The minimum Gasteiger partial charge on any atom is -0.0312 e. The maximum atomic E-state index is 14.9. The van der Waals surface area contributed by atoms with Crippen molar-refractivity contribution in [2.24, 2.45) is 0 Å². The molecule has 1 fully saturated rings. The molecule has 0 saturated heterocycles. The summed E-state index contributed by atoms with van der Waals surface area (Å²) in [7, 11) is -9.49. The summed E-state index contributed by atoms with van der Waals surface area (Å²) >= 11 is 6.25. The summed E-state index contributed by atoms with van der Waals surface area (Å²) in [6.45, 7) is 16.6. The quantitative estimate of drug-likeness (QED) is 0.0458. The average molecular weight is 1140 g/mol. The maximum absolute atomic E-state index is 14.9. The van der Waals surface area contributed by atoms with Crippen LogP contribution < -0.4 is 30.7 Å². The number of hydrogen-bond acceptors (Lipinski definition) is 11. The SMILES string of the molecule is CNC(=O)[C@H](NC(=O)[C@@H](NC(=O)[C@H](NC(=O)OC(C)(C)C)[C@H](O[Si](C)(C)C(C)(C)C)c1ccc(Cl)cc1)c1cc(O)c(C)c(OC)c1)c1cc(O)c(OC)c(O)c1.F[P-](F)(F)(F)(F)F.[CH]1[CH][CH][CH][CH]1.[Ru+2]. The van der Waals surface area contributed by atoms with Crippen LogP contribution in [-0.4, -0.2) is 80.4 Å². The molecule has 0 aromatic heterocycles. The molecule has 0 heterocycles. The fourth-order valence-corrected chi connectivity index (χ4v) is 7.17. The molecule has 1 aliphatic rings. The number of hydrogen-bond donors (Lipinski definition) is 7. The predicted octanol–water partition coefficient (Wildman–Crippen LogP) is 10.6. The second-order valence-corrected chi connectivity index (χ2v) is 25.0. The standard InChI is InChI=1S/C40H55ClN4O11Si.C5H5.F6P.Ru/c1-21-26(46)17-24(20-29(21)53-9)31(36(50)43-30(35(49)42-8)23-18-27(47)34(54-10)28(48)19-23)44-37(51)32(45-38(52)55-39(2,3)4)33(22-13-15-25(41)16-14-22)56-57(11,12)40(5,6)7;1-2-4-5-3-1;1-7(2,3,4,5)6;/h13-20,30-33,46-48H,1-12H3,(H,42,49)(H,43,50)(H,44,51)(H,45,52);1-5H;;/q;;-1;+2/t30-,31+,32-,33-;;;/m1.../s1. The molecule has 70 heavy (non-hydrogen) atoms. The number of rotatable bonds is 14. The Morgan fingerprint density at radius 2 is 1.10 bits per heavy atom. The number of ether oxygens (including phenoxy) is 3. The topological polar surface area (TPSA) is 214 Å². The van der Waals surface area contributed by atoms with E-state index >= 15 is 0 Å². The largest absolute Gasteiger partial charge is 2.00 e. The van der Waals surface area contributed by atoms with Gasteiger partial charge in [-0.1, -0.05) is 44.5 Å². The zero-order valence-corrected chi connectivity index (χ0v) is 44.8. The normalized spacial score (nSPS) is 15.4. The van der Waals surface area contributed by atoms with E-state index in [2.05, 4.69) is 21.3 Å². The Bertz CT molecular complexity index is 2250. The molecule has 1 aliphatic carbocycles. The first-order valence-electron chi connectivity index (χ1n) is 20.7. The van der Waals surface area contributed by atoms with Gasteiger partial charge in [-0.15, -0.1) is 0 Å². The van der Waals surface area contributed by atoms with Crippen LogP contribution in [0.3, 0.4) is 0 Å². The fraction of sp³-hybridized carbons (Fsp3) is 0.400. The minimum absolute atomic E-state index is 0. The smallest absolute Gasteiger partial charge is 0.0312 e. The molecular formula is C45H60ClF6N4O11PRuSi+. The molecule has 0 unspecified atom stereocenters. The van der Waals surface area contributed by atoms with Crippen LogP contribution in [0.25, 0.3) is 0 Å². The van der Waals surface area contributed by atoms with Gasteiger partial charge < -0.3 is 55.2 Å². The fourth-order valence-electron chi connectivity index (χ4n) is 5.78. The van der Waals surface area contributed by atoms with Gasteiger partial charge in [0.05, 0.1) is 20.3 Å². The van der Waals surface area contributed by atoms with Crippen LogP contribution in [-0.2, 0) is 43.0 Å². The monoisotopic (exact) mass is 1140 g/mol. The molecular weight excluding hydrogens is 1080 g/mol. The number of carbonyl (C=O) groups excluding carboxylic acids is 4. The Morgan fingerprint density at radius 1 is 0.671 bits per heavy atom. The van der Waals surface area contributed by atoms with E-state index in [-0.39, 0.29) is 52.9 Å². The van der Waals surface area contributed by atoms with E-state index in [9.17, 15) is 59.7 Å². The van der Waals surface area contributed by atoms with Gasteiger partial charge in [-0.25, -0.2) is 4.79 Å². The molecule has 0 aliphatic heterocycles. The maximum Gasteiger partial charge on any atom is 2.00 e. The number of likely N-dealkylation sites (N-methyl/N-ethyl adjacent to an activating group) is 1. The van der Waals surface area contributed by atoms with Gasteiger partial charge in [0, 0.05) is 17.6 Å². The Kier molecular flexibility index (Phi) is 22.0. The van der Waals surface area contributed by atoms with Gasteiger partial charge >= 0.3 is 58.6 Å². The first-order valence-corrected chi connectivity index (χ1v) is 26.1. The van der Waals surface area contributed by atoms with E-state index in [4.69, 9.17) is 30.2 Å². The third-order valence-electron chi connectivity index (χ3n) is 10.1. The van der Waals surface area contributed by atoms with E-state index < -0.39 is 81.3 Å². The molecule has 391 valence electrons. The van der Waals surface area contributed by atoms with Crippen molar-refractivity contribution in [1.82, 2.24) is 21.3 Å². The van der Waals surface area contributed by atoms with Crippen LogP contribution in [0, 0.1) is 39.0 Å². The van der Waals surface area contributed by atoms with E-state index in [1.54, 1.807) is 52.0 Å². The zero-order valence-electron chi connectivity index (χ0n) is 40.4. The van der Waals surface area contributed by atoms with Crippen molar-refractivity contribution in [3.05, 3.63) is 108 Å². The molecule has 4 amide bonds. The Labute approximate surface area is 423 Å². The first-order chi connectivity index (χ1) is 31.3. The summed E-state index contributed by atoms with van der Waals surface area (Å²) in [6, 6.07) is 6.74. The summed E-state index contributed by atoms with van der Waals surface area (Å²) in [5, 5.41) is 42.5. The number of alkyl carbamates (subject to hydrolysis) is 1. The number of amides is 4. The first kappa shape index (κ1) is 63.5. The molecule has 3 aromatic carbocycles. The van der Waals surface area contributed by atoms with E-state index in [0.29, 0.717) is 16.1 Å². The molecule has 0 spiro atoms. The molecule has 3 aromatic rings. The zero-order chi connectivity index (χ0) is 53.1. The molecule has 15 nitrogen and oxygen atoms in total. The van der Waals surface area contributed by atoms with E-state index in [1.807, 2.05) is 66.0 Å². The van der Waals surface area contributed by atoms with Crippen molar-refractivity contribution in [3.63, 3.8) is 0 Å². The summed E-state index contributed by atoms with van der Waals surface area (Å²) in [4.78, 5) is 56.1. The number of benzene rings is 3. The molecule has 0 bridgehead atoms. The Balaban J connectivity index is 0.00000165. The number of aromatic hydroxyl groups is 3. The van der Waals surface area contributed by atoms with Crippen LogP contribution in [0.5, 0.6) is 28.7 Å². The van der Waals surface area contributed by atoms with Gasteiger partial charge in [0.25, 0.3) is 0 Å². The van der Waals surface area contributed by atoms with Gasteiger partial charge in [-0.2, -0.15) is 0 Å². The summed E-state index contributed by atoms with van der Waals surface area (Å²) in [5.74, 6) is -4.01. The van der Waals surface area contributed by atoms with Crippen molar-refractivity contribution in [2.45, 2.75) is 96.4 Å². The number of phenolic OH excluding ortho intramolecular Hbond substituents is 3. The molecule has 4 rings (SSSR count). The molecule has 4 atom stereocenters. The number of carbonyl (C=O) groups is 4. The van der Waals surface area contributed by atoms with Gasteiger partial charge in [0.2, 0.25) is 23.5 Å². The van der Waals surface area contributed by atoms with Crippen molar-refractivity contribution in [3.8, 4) is 28.7 Å². The Hall–Kier alpha value is -4.56. The van der Waals surface area contributed by atoms with Crippen LogP contribution in [0.4, 0.5) is 30.0 Å². The number of nitrogens with one attached hydrogen (secondary N) is 4. The molecule has 25 heteroatoms. The summed E-state index contributed by atoms with van der Waals surface area (Å²) in [6.07, 6.45) is 7.90. The third kappa shape index (κ3) is 21.4. The third-order valence-corrected chi connectivity index (χ3v) is 14.8. The van der Waals surface area contributed by atoms with Crippen molar-refractivity contribution in [1.29, 1.82) is 0 Å². The average Bonchev–Trinajstić information content (AvgIpc) is 3.80. The van der Waals surface area contributed by atoms with Crippen LogP contribution in [0.2, 0.25) is 23.2 Å².